The first-order chi connectivity index (χ1) is 8.65. The second kappa shape index (κ2) is 6.36. The number of aromatic nitrogens is 1. The van der Waals surface area contributed by atoms with Gasteiger partial charge in [-0.25, -0.2) is 4.98 Å². The van der Waals surface area contributed by atoms with Gasteiger partial charge in [-0.05, 0) is 30.2 Å². The van der Waals surface area contributed by atoms with E-state index in [4.69, 9.17) is 0 Å². The first kappa shape index (κ1) is 13.6. The lowest BCUT2D eigenvalue weighted by atomic mass is 10.1. The maximum atomic E-state index is 4.29. The lowest BCUT2D eigenvalue weighted by Crippen LogP contribution is -2.22. The topological polar surface area (TPSA) is 24.9 Å². The number of hydrogen-bond donors (Lipinski definition) is 1. The van der Waals surface area contributed by atoms with Crippen LogP contribution in [-0.4, -0.2) is 11.0 Å². The number of thiazole rings is 1. The van der Waals surface area contributed by atoms with Crippen LogP contribution in [0.3, 0.4) is 0 Å². The molecule has 0 saturated carbocycles. The highest BCUT2D eigenvalue weighted by Crippen LogP contribution is 2.30. The zero-order valence-electron chi connectivity index (χ0n) is 10.9. The van der Waals surface area contributed by atoms with Gasteiger partial charge in [0.2, 0.25) is 0 Å². The van der Waals surface area contributed by atoms with Gasteiger partial charge in [0.15, 0.2) is 4.34 Å². The van der Waals surface area contributed by atoms with Gasteiger partial charge >= 0.3 is 0 Å². The first-order valence-electron chi connectivity index (χ1n) is 6.05. The molecule has 0 spiro atoms. The molecule has 1 N–H and O–H groups in total. The molecule has 0 unspecified atom stereocenters. The predicted molar refractivity (Wildman–Crippen MR) is 79.4 cm³/mol. The molecule has 1 heterocycles. The molecule has 0 atom stereocenters. The molecule has 0 amide bonds. The number of nitrogens with one attached hydrogen (secondary N) is 1. The van der Waals surface area contributed by atoms with Gasteiger partial charge < -0.3 is 5.32 Å². The van der Waals surface area contributed by atoms with E-state index in [1.54, 1.807) is 23.1 Å². The van der Waals surface area contributed by atoms with E-state index in [9.17, 15) is 0 Å². The van der Waals surface area contributed by atoms with Crippen molar-refractivity contribution in [1.29, 1.82) is 0 Å². The highest BCUT2D eigenvalue weighted by molar-refractivity contribution is 8.01. The Morgan fingerprint density at radius 2 is 2.22 bits per heavy atom. The standard InChI is InChI=1S/C14H18N2S2/c1-10(2)16-9-12-4-5-13(8-11(12)3)18-14-15-6-7-17-14/h4-8,10,16H,9H2,1-3H3. The van der Waals surface area contributed by atoms with Crippen LogP contribution in [0.1, 0.15) is 25.0 Å². The smallest absolute Gasteiger partial charge is 0.154 e. The van der Waals surface area contributed by atoms with Crippen LogP contribution in [0.2, 0.25) is 0 Å². The molecule has 2 nitrogen and oxygen atoms in total. The van der Waals surface area contributed by atoms with Gasteiger partial charge in [0.25, 0.3) is 0 Å². The zero-order valence-corrected chi connectivity index (χ0v) is 12.6. The highest BCUT2D eigenvalue weighted by atomic mass is 32.2. The van der Waals surface area contributed by atoms with E-state index in [1.807, 2.05) is 11.6 Å². The van der Waals surface area contributed by atoms with Crippen molar-refractivity contribution in [3.63, 3.8) is 0 Å². The van der Waals surface area contributed by atoms with Gasteiger partial charge in [0, 0.05) is 29.1 Å². The Morgan fingerprint density at radius 1 is 1.39 bits per heavy atom. The number of hydrogen-bond acceptors (Lipinski definition) is 4. The molecular formula is C14H18N2S2. The van der Waals surface area contributed by atoms with E-state index in [1.165, 1.54) is 16.0 Å². The van der Waals surface area contributed by atoms with E-state index in [0.29, 0.717) is 6.04 Å². The fourth-order valence-corrected chi connectivity index (χ4v) is 3.30. The highest BCUT2D eigenvalue weighted by Gasteiger charge is 2.04. The second-order valence-electron chi connectivity index (χ2n) is 4.52. The monoisotopic (exact) mass is 278 g/mol. The summed E-state index contributed by atoms with van der Waals surface area (Å²) in [5, 5.41) is 5.46. The average molecular weight is 278 g/mol. The number of nitrogens with zero attached hydrogens (tertiary/aromatic N) is 1. The number of rotatable bonds is 5. The van der Waals surface area contributed by atoms with Crippen molar-refractivity contribution in [1.82, 2.24) is 10.3 Å². The van der Waals surface area contributed by atoms with Crippen LogP contribution in [0.25, 0.3) is 0 Å². The van der Waals surface area contributed by atoms with E-state index in [-0.39, 0.29) is 0 Å². The van der Waals surface area contributed by atoms with E-state index in [2.05, 4.69) is 49.3 Å². The van der Waals surface area contributed by atoms with Crippen LogP contribution in [0.4, 0.5) is 0 Å². The molecule has 0 aliphatic heterocycles. The predicted octanol–water partition coefficient (Wildman–Crippen LogP) is 4.10. The normalized spacial score (nSPS) is 11.1. The van der Waals surface area contributed by atoms with Crippen molar-refractivity contribution >= 4 is 23.1 Å². The number of aryl methyl sites for hydroxylation is 1. The van der Waals surface area contributed by atoms with Crippen molar-refractivity contribution in [2.24, 2.45) is 0 Å². The van der Waals surface area contributed by atoms with Crippen LogP contribution >= 0.6 is 23.1 Å². The van der Waals surface area contributed by atoms with Crippen LogP contribution < -0.4 is 5.32 Å². The van der Waals surface area contributed by atoms with Gasteiger partial charge in [0.1, 0.15) is 0 Å². The maximum absolute atomic E-state index is 4.29. The van der Waals surface area contributed by atoms with Gasteiger partial charge in [0.05, 0.1) is 0 Å². The van der Waals surface area contributed by atoms with Crippen LogP contribution in [0.15, 0.2) is 39.0 Å². The fraction of sp³-hybridized carbons (Fsp3) is 0.357. The molecule has 4 heteroatoms. The quantitative estimate of drug-likeness (QED) is 0.891. The molecular weight excluding hydrogens is 260 g/mol. The Kier molecular flexibility index (Phi) is 4.80. The average Bonchev–Trinajstić information content (AvgIpc) is 2.80. The molecule has 2 rings (SSSR count). The minimum absolute atomic E-state index is 0.522. The van der Waals surface area contributed by atoms with Crippen LogP contribution in [0.5, 0.6) is 0 Å². The summed E-state index contributed by atoms with van der Waals surface area (Å²) in [4.78, 5) is 5.55. The largest absolute Gasteiger partial charge is 0.310 e. The minimum atomic E-state index is 0.522. The molecule has 18 heavy (non-hydrogen) atoms. The van der Waals surface area contributed by atoms with Crippen molar-refractivity contribution in [2.45, 2.75) is 42.6 Å². The summed E-state index contributed by atoms with van der Waals surface area (Å²) >= 11 is 3.41. The van der Waals surface area contributed by atoms with E-state index in [0.717, 1.165) is 10.9 Å². The lowest BCUT2D eigenvalue weighted by Gasteiger charge is -2.11. The molecule has 0 fully saturated rings. The molecule has 0 bridgehead atoms. The number of benzene rings is 1. The molecule has 0 aliphatic carbocycles. The Hall–Kier alpha value is -0.840. The van der Waals surface area contributed by atoms with Crippen LogP contribution in [-0.2, 0) is 6.54 Å². The SMILES string of the molecule is Cc1cc(Sc2nccs2)ccc1CNC(C)C. The van der Waals surface area contributed by atoms with Crippen molar-refractivity contribution in [3.05, 3.63) is 40.9 Å². The van der Waals surface area contributed by atoms with Crippen LogP contribution in [0, 0.1) is 6.92 Å². The summed E-state index contributed by atoms with van der Waals surface area (Å²) in [6.45, 7) is 7.44. The van der Waals surface area contributed by atoms with Crippen molar-refractivity contribution in [2.75, 3.05) is 0 Å². The molecule has 2 aromatic rings. The zero-order chi connectivity index (χ0) is 13.0. The minimum Gasteiger partial charge on any atom is -0.310 e. The second-order valence-corrected chi connectivity index (χ2v) is 6.74. The van der Waals surface area contributed by atoms with Gasteiger partial charge in [-0.1, -0.05) is 31.7 Å². The third-order valence-electron chi connectivity index (χ3n) is 2.63. The maximum Gasteiger partial charge on any atom is 0.154 e. The molecule has 1 aromatic heterocycles. The summed E-state index contributed by atoms with van der Waals surface area (Å²) in [7, 11) is 0. The summed E-state index contributed by atoms with van der Waals surface area (Å²) in [6.07, 6.45) is 1.85. The lowest BCUT2D eigenvalue weighted by molar-refractivity contribution is 0.587. The Morgan fingerprint density at radius 3 is 2.83 bits per heavy atom. The van der Waals surface area contributed by atoms with E-state index >= 15 is 0 Å². The Balaban J connectivity index is 2.05. The summed E-state index contributed by atoms with van der Waals surface area (Å²) in [6, 6.07) is 7.15. The summed E-state index contributed by atoms with van der Waals surface area (Å²) in [5.41, 5.74) is 2.71. The molecule has 0 radical (unpaired) electrons. The molecule has 0 saturated heterocycles. The fourth-order valence-electron chi connectivity index (χ4n) is 1.61. The summed E-state index contributed by atoms with van der Waals surface area (Å²) < 4.78 is 1.10. The summed E-state index contributed by atoms with van der Waals surface area (Å²) in [5.74, 6) is 0. The molecule has 96 valence electrons. The van der Waals surface area contributed by atoms with Gasteiger partial charge in [-0.15, -0.1) is 11.3 Å². The molecule has 0 aliphatic rings. The Labute approximate surface area is 117 Å². The third kappa shape index (κ3) is 3.83. The Bertz CT molecular complexity index is 493. The van der Waals surface area contributed by atoms with Gasteiger partial charge in [-0.2, -0.15) is 0 Å². The third-order valence-corrected chi connectivity index (χ3v) is 4.50. The van der Waals surface area contributed by atoms with Crippen molar-refractivity contribution < 1.29 is 0 Å². The molecule has 1 aromatic carbocycles. The van der Waals surface area contributed by atoms with Gasteiger partial charge in [-0.3, -0.25) is 0 Å². The van der Waals surface area contributed by atoms with Crippen molar-refractivity contribution in [3.8, 4) is 0 Å². The van der Waals surface area contributed by atoms with E-state index < -0.39 is 0 Å². The first-order valence-corrected chi connectivity index (χ1v) is 7.75.